The van der Waals surface area contributed by atoms with Crippen molar-refractivity contribution in [3.05, 3.63) is 21.6 Å². The third kappa shape index (κ3) is 3.31. The number of aliphatic hydroxyl groups is 1. The zero-order valence-electron chi connectivity index (χ0n) is 11.7. The summed E-state index contributed by atoms with van der Waals surface area (Å²) >= 11 is 6.16. The van der Waals surface area contributed by atoms with E-state index in [-0.39, 0.29) is 23.7 Å². The van der Waals surface area contributed by atoms with Gasteiger partial charge >= 0.3 is 0 Å². The Balaban J connectivity index is 2.11. The zero-order chi connectivity index (χ0) is 14.5. The van der Waals surface area contributed by atoms with Gasteiger partial charge in [-0.1, -0.05) is 11.6 Å². The Morgan fingerprint density at radius 3 is 2.80 bits per heavy atom. The van der Waals surface area contributed by atoms with Crippen LogP contribution in [0.1, 0.15) is 12.8 Å². The molecule has 6 nitrogen and oxygen atoms in total. The summed E-state index contributed by atoms with van der Waals surface area (Å²) in [5.41, 5.74) is 0.365. The molecule has 7 heteroatoms. The molecule has 0 aromatic carbocycles. The Morgan fingerprint density at radius 2 is 2.20 bits per heavy atom. The molecule has 2 N–H and O–H groups in total. The maximum Gasteiger partial charge on any atom is 0.287 e. The van der Waals surface area contributed by atoms with Crippen LogP contribution in [0.2, 0.25) is 5.02 Å². The molecule has 20 heavy (non-hydrogen) atoms. The van der Waals surface area contributed by atoms with Gasteiger partial charge in [0.1, 0.15) is 5.02 Å². The SMILES string of the molecule is CNCC1CCN(c2cnn(CCO)c(=O)c2Cl)CC1. The van der Waals surface area contributed by atoms with Crippen LogP contribution in [-0.4, -0.2) is 48.2 Å². The van der Waals surface area contributed by atoms with Gasteiger partial charge in [0.15, 0.2) is 0 Å². The molecule has 0 spiro atoms. The Labute approximate surface area is 123 Å². The topological polar surface area (TPSA) is 70.4 Å². The third-order valence-electron chi connectivity index (χ3n) is 3.73. The molecule has 0 amide bonds. The molecular weight excluding hydrogens is 280 g/mol. The summed E-state index contributed by atoms with van der Waals surface area (Å²) < 4.78 is 1.19. The second-order valence-electron chi connectivity index (χ2n) is 5.08. The highest BCUT2D eigenvalue weighted by atomic mass is 35.5. The lowest BCUT2D eigenvalue weighted by Crippen LogP contribution is -2.38. The van der Waals surface area contributed by atoms with Crippen molar-refractivity contribution < 1.29 is 5.11 Å². The van der Waals surface area contributed by atoms with Crippen LogP contribution in [-0.2, 0) is 6.54 Å². The highest BCUT2D eigenvalue weighted by Gasteiger charge is 2.22. The van der Waals surface area contributed by atoms with Crippen molar-refractivity contribution in [1.82, 2.24) is 15.1 Å². The van der Waals surface area contributed by atoms with Crippen molar-refractivity contribution >= 4 is 17.3 Å². The Morgan fingerprint density at radius 1 is 1.50 bits per heavy atom. The molecule has 0 atom stereocenters. The van der Waals surface area contributed by atoms with Gasteiger partial charge in [0.25, 0.3) is 5.56 Å². The van der Waals surface area contributed by atoms with E-state index >= 15 is 0 Å². The number of aliphatic hydroxyl groups excluding tert-OH is 1. The highest BCUT2D eigenvalue weighted by Crippen LogP contribution is 2.26. The predicted molar refractivity (Wildman–Crippen MR) is 79.5 cm³/mol. The van der Waals surface area contributed by atoms with Gasteiger partial charge in [0, 0.05) is 13.1 Å². The van der Waals surface area contributed by atoms with Gasteiger partial charge < -0.3 is 15.3 Å². The fraction of sp³-hybridized carbons (Fsp3) is 0.692. The normalized spacial score (nSPS) is 16.6. The zero-order valence-corrected chi connectivity index (χ0v) is 12.4. The molecule has 1 aromatic rings. The van der Waals surface area contributed by atoms with Crippen LogP contribution in [0.15, 0.2) is 11.0 Å². The van der Waals surface area contributed by atoms with Crippen LogP contribution in [0.3, 0.4) is 0 Å². The minimum Gasteiger partial charge on any atom is -0.394 e. The minimum absolute atomic E-state index is 0.127. The number of piperidine rings is 1. The first kappa shape index (κ1) is 15.3. The average Bonchev–Trinajstić information content (AvgIpc) is 2.46. The fourth-order valence-electron chi connectivity index (χ4n) is 2.60. The Kier molecular flexibility index (Phi) is 5.39. The van der Waals surface area contributed by atoms with Crippen LogP contribution in [0.4, 0.5) is 5.69 Å². The molecule has 0 radical (unpaired) electrons. The number of nitrogens with one attached hydrogen (secondary N) is 1. The van der Waals surface area contributed by atoms with Gasteiger partial charge in [-0.05, 0) is 32.4 Å². The predicted octanol–water partition coefficient (Wildman–Crippen LogP) is 0.325. The van der Waals surface area contributed by atoms with E-state index in [1.807, 2.05) is 7.05 Å². The van der Waals surface area contributed by atoms with Crippen LogP contribution in [0, 0.1) is 5.92 Å². The van der Waals surface area contributed by atoms with E-state index in [2.05, 4.69) is 15.3 Å². The van der Waals surface area contributed by atoms with Gasteiger partial charge in [-0.2, -0.15) is 5.10 Å². The van der Waals surface area contributed by atoms with Crippen molar-refractivity contribution in [3.63, 3.8) is 0 Å². The van der Waals surface area contributed by atoms with Crippen molar-refractivity contribution in [1.29, 1.82) is 0 Å². The fourth-order valence-corrected chi connectivity index (χ4v) is 2.86. The molecule has 2 heterocycles. The lowest BCUT2D eigenvalue weighted by atomic mass is 9.96. The lowest BCUT2D eigenvalue weighted by molar-refractivity contribution is 0.266. The van der Waals surface area contributed by atoms with Crippen LogP contribution >= 0.6 is 11.6 Å². The van der Waals surface area contributed by atoms with Crippen molar-refractivity contribution in [2.75, 3.05) is 38.2 Å². The summed E-state index contributed by atoms with van der Waals surface area (Å²) in [6.07, 6.45) is 3.78. The number of halogens is 1. The van der Waals surface area contributed by atoms with Crippen LogP contribution in [0.25, 0.3) is 0 Å². The molecule has 0 bridgehead atoms. The standard InChI is InChI=1S/C13H21ClN4O2/c1-15-8-10-2-4-17(5-3-10)11-9-16-18(6-7-19)13(20)12(11)14/h9-10,15,19H,2-8H2,1H3. The summed E-state index contributed by atoms with van der Waals surface area (Å²) in [4.78, 5) is 14.1. The van der Waals surface area contributed by atoms with Crippen molar-refractivity contribution in [3.8, 4) is 0 Å². The summed E-state index contributed by atoms with van der Waals surface area (Å²) in [6, 6.07) is 0. The first-order valence-corrected chi connectivity index (χ1v) is 7.31. The van der Waals surface area contributed by atoms with E-state index < -0.39 is 0 Å². The molecule has 0 saturated carbocycles. The van der Waals surface area contributed by atoms with E-state index in [0.717, 1.165) is 32.5 Å². The van der Waals surface area contributed by atoms with Gasteiger partial charge in [0.2, 0.25) is 0 Å². The quantitative estimate of drug-likeness (QED) is 0.820. The van der Waals surface area contributed by atoms with Crippen molar-refractivity contribution in [2.45, 2.75) is 19.4 Å². The number of hydrogen-bond donors (Lipinski definition) is 2. The largest absolute Gasteiger partial charge is 0.394 e. The second-order valence-corrected chi connectivity index (χ2v) is 5.46. The molecule has 2 rings (SSSR count). The number of aromatic nitrogens is 2. The number of hydrogen-bond acceptors (Lipinski definition) is 5. The summed E-state index contributed by atoms with van der Waals surface area (Å²) in [5.74, 6) is 0.678. The monoisotopic (exact) mass is 300 g/mol. The molecule has 1 fully saturated rings. The number of nitrogens with zero attached hydrogens (tertiary/aromatic N) is 3. The first-order chi connectivity index (χ1) is 9.67. The van der Waals surface area contributed by atoms with E-state index in [1.165, 1.54) is 4.68 Å². The van der Waals surface area contributed by atoms with Gasteiger partial charge in [-0.25, -0.2) is 4.68 Å². The maximum absolute atomic E-state index is 12.0. The van der Waals surface area contributed by atoms with Gasteiger partial charge in [0.05, 0.1) is 25.0 Å². The Bertz CT molecular complexity index is 498. The average molecular weight is 301 g/mol. The van der Waals surface area contributed by atoms with E-state index in [0.29, 0.717) is 11.6 Å². The van der Waals surface area contributed by atoms with Crippen LogP contribution in [0.5, 0.6) is 0 Å². The third-order valence-corrected chi connectivity index (χ3v) is 4.08. The van der Waals surface area contributed by atoms with Crippen molar-refractivity contribution in [2.24, 2.45) is 5.92 Å². The Hall–Kier alpha value is -1.11. The number of anilines is 1. The van der Waals surface area contributed by atoms with E-state index in [1.54, 1.807) is 6.20 Å². The summed E-state index contributed by atoms with van der Waals surface area (Å²) in [7, 11) is 1.97. The molecule has 1 aromatic heterocycles. The minimum atomic E-state index is -0.337. The first-order valence-electron chi connectivity index (χ1n) is 6.93. The summed E-state index contributed by atoms with van der Waals surface area (Å²) in [5, 5.41) is 16.3. The molecule has 0 unspecified atom stereocenters. The highest BCUT2D eigenvalue weighted by molar-refractivity contribution is 6.33. The molecular formula is C13H21ClN4O2. The van der Waals surface area contributed by atoms with Crippen LogP contribution < -0.4 is 15.8 Å². The molecule has 112 valence electrons. The van der Waals surface area contributed by atoms with Gasteiger partial charge in [-0.15, -0.1) is 0 Å². The molecule has 1 aliphatic heterocycles. The molecule has 0 aliphatic carbocycles. The molecule has 1 saturated heterocycles. The van der Waals surface area contributed by atoms with E-state index in [4.69, 9.17) is 16.7 Å². The molecule has 1 aliphatic rings. The number of rotatable bonds is 5. The maximum atomic E-state index is 12.0. The lowest BCUT2D eigenvalue weighted by Gasteiger charge is -2.33. The van der Waals surface area contributed by atoms with Gasteiger partial charge in [-0.3, -0.25) is 4.79 Å². The smallest absolute Gasteiger partial charge is 0.287 e. The van der Waals surface area contributed by atoms with E-state index in [9.17, 15) is 4.79 Å². The second kappa shape index (κ2) is 7.06. The summed E-state index contributed by atoms with van der Waals surface area (Å²) in [6.45, 7) is 2.84.